The van der Waals surface area contributed by atoms with Crippen LogP contribution in [0.3, 0.4) is 0 Å². The Balaban J connectivity index is 1.70. The first-order valence-corrected chi connectivity index (χ1v) is 9.50. The Morgan fingerprint density at radius 1 is 1.08 bits per heavy atom. The number of carbonyl (C=O) groups excluding carboxylic acids is 1. The smallest absolute Gasteiger partial charge is 0.338 e. The molecule has 0 N–H and O–H groups in total. The van der Waals surface area contributed by atoms with Crippen molar-refractivity contribution < 1.29 is 22.7 Å². The normalized spacial score (nSPS) is 20.1. The van der Waals surface area contributed by atoms with Crippen LogP contribution in [0.1, 0.15) is 15.9 Å². The van der Waals surface area contributed by atoms with E-state index in [0.29, 0.717) is 5.56 Å². The van der Waals surface area contributed by atoms with Crippen molar-refractivity contribution in [2.45, 2.75) is 12.6 Å². The van der Waals surface area contributed by atoms with Crippen LogP contribution in [0.5, 0.6) is 0 Å². The average molecular weight is 361 g/mol. The second-order valence-electron chi connectivity index (χ2n) is 5.75. The Hall–Kier alpha value is -2.22. The molecule has 6 nitrogen and oxygen atoms in total. The van der Waals surface area contributed by atoms with Gasteiger partial charge in [0.2, 0.25) is 10.0 Å². The molecule has 2 aromatic rings. The minimum Gasteiger partial charge on any atom is -0.460 e. The Morgan fingerprint density at radius 3 is 2.40 bits per heavy atom. The van der Waals surface area contributed by atoms with Gasteiger partial charge >= 0.3 is 5.97 Å². The van der Waals surface area contributed by atoms with Crippen molar-refractivity contribution in [1.82, 2.24) is 4.31 Å². The van der Waals surface area contributed by atoms with Gasteiger partial charge in [0.1, 0.15) is 6.61 Å². The summed E-state index contributed by atoms with van der Waals surface area (Å²) < 4.78 is 36.6. The highest BCUT2D eigenvalue weighted by molar-refractivity contribution is 7.88. The molecule has 1 heterocycles. The van der Waals surface area contributed by atoms with Crippen molar-refractivity contribution in [3.8, 4) is 0 Å². The molecule has 1 saturated heterocycles. The third-order valence-corrected chi connectivity index (χ3v) is 5.51. The molecule has 1 fully saturated rings. The van der Waals surface area contributed by atoms with E-state index in [4.69, 9.17) is 9.47 Å². The van der Waals surface area contributed by atoms with E-state index in [1.54, 1.807) is 30.3 Å². The number of benzene rings is 2. The third-order valence-electron chi connectivity index (χ3n) is 3.90. The zero-order valence-corrected chi connectivity index (χ0v) is 14.4. The van der Waals surface area contributed by atoms with Gasteiger partial charge in [-0.3, -0.25) is 0 Å². The summed E-state index contributed by atoms with van der Waals surface area (Å²) in [7, 11) is -3.56. The number of rotatable bonds is 5. The maximum atomic E-state index is 12.4. The quantitative estimate of drug-likeness (QED) is 0.762. The van der Waals surface area contributed by atoms with E-state index in [1.165, 1.54) is 4.31 Å². The Labute approximate surface area is 147 Å². The number of hydrogen-bond acceptors (Lipinski definition) is 5. The fraction of sp³-hybridized carbons (Fsp3) is 0.278. The maximum Gasteiger partial charge on any atom is 0.338 e. The molecule has 3 rings (SSSR count). The van der Waals surface area contributed by atoms with Crippen LogP contribution in [0.2, 0.25) is 0 Å². The van der Waals surface area contributed by atoms with Gasteiger partial charge in [-0.05, 0) is 17.7 Å². The van der Waals surface area contributed by atoms with Crippen LogP contribution in [0, 0.1) is 0 Å². The van der Waals surface area contributed by atoms with Gasteiger partial charge in [0.15, 0.2) is 5.94 Å². The van der Waals surface area contributed by atoms with E-state index in [-0.39, 0.29) is 25.7 Å². The van der Waals surface area contributed by atoms with Crippen LogP contribution >= 0.6 is 0 Å². The summed E-state index contributed by atoms with van der Waals surface area (Å²) in [5.74, 6) is -0.841. The highest BCUT2D eigenvalue weighted by atomic mass is 32.2. The van der Waals surface area contributed by atoms with Gasteiger partial charge < -0.3 is 9.47 Å². The Kier molecular flexibility index (Phi) is 5.47. The van der Waals surface area contributed by atoms with E-state index < -0.39 is 22.0 Å². The molecule has 0 spiro atoms. The SMILES string of the molecule is O=C(OC[C@@H]1COCS(=O)(=O)N1Cc1ccccc1)c1ccccc1. The van der Waals surface area contributed by atoms with E-state index in [1.807, 2.05) is 30.3 Å². The highest BCUT2D eigenvalue weighted by Crippen LogP contribution is 2.19. The lowest BCUT2D eigenvalue weighted by molar-refractivity contribution is 0.0202. The van der Waals surface area contributed by atoms with Crippen LogP contribution < -0.4 is 0 Å². The van der Waals surface area contributed by atoms with Gasteiger partial charge in [-0.25, -0.2) is 13.2 Å². The lowest BCUT2D eigenvalue weighted by Crippen LogP contribution is -2.50. The number of nitrogens with zero attached hydrogens (tertiary/aromatic N) is 1. The van der Waals surface area contributed by atoms with E-state index >= 15 is 0 Å². The summed E-state index contributed by atoms with van der Waals surface area (Å²) in [6.07, 6.45) is 0. The zero-order valence-electron chi connectivity index (χ0n) is 13.6. The van der Waals surface area contributed by atoms with Gasteiger partial charge in [-0.2, -0.15) is 4.31 Å². The maximum absolute atomic E-state index is 12.4. The van der Waals surface area contributed by atoms with Crippen LogP contribution in [0.25, 0.3) is 0 Å². The average Bonchev–Trinajstić information content (AvgIpc) is 2.63. The molecule has 0 amide bonds. The van der Waals surface area contributed by atoms with Crippen LogP contribution in [0.15, 0.2) is 60.7 Å². The lowest BCUT2D eigenvalue weighted by Gasteiger charge is -2.34. The molecule has 1 aliphatic rings. The topological polar surface area (TPSA) is 72.9 Å². The second kappa shape index (κ2) is 7.77. The molecule has 0 saturated carbocycles. The molecule has 0 aromatic heterocycles. The predicted molar refractivity (Wildman–Crippen MR) is 92.2 cm³/mol. The monoisotopic (exact) mass is 361 g/mol. The summed E-state index contributed by atoms with van der Waals surface area (Å²) in [4.78, 5) is 12.1. The van der Waals surface area contributed by atoms with Gasteiger partial charge in [0, 0.05) is 6.54 Å². The van der Waals surface area contributed by atoms with Crippen molar-refractivity contribution in [1.29, 1.82) is 0 Å². The van der Waals surface area contributed by atoms with Gasteiger partial charge in [0.05, 0.1) is 18.2 Å². The molecule has 1 atom stereocenters. The van der Waals surface area contributed by atoms with Crippen LogP contribution in [-0.4, -0.2) is 43.9 Å². The Morgan fingerprint density at radius 2 is 1.72 bits per heavy atom. The molecular weight excluding hydrogens is 342 g/mol. The van der Waals surface area contributed by atoms with Crippen molar-refractivity contribution in [3.63, 3.8) is 0 Å². The van der Waals surface area contributed by atoms with Gasteiger partial charge in [0.25, 0.3) is 0 Å². The first kappa shape index (κ1) is 17.6. The summed E-state index contributed by atoms with van der Waals surface area (Å²) >= 11 is 0. The molecule has 0 aliphatic carbocycles. The summed E-state index contributed by atoms with van der Waals surface area (Å²) in [5.41, 5.74) is 1.30. The van der Waals surface area contributed by atoms with Crippen molar-refractivity contribution >= 4 is 16.0 Å². The highest BCUT2D eigenvalue weighted by Gasteiger charge is 2.35. The molecule has 1 aliphatic heterocycles. The van der Waals surface area contributed by atoms with Crippen LogP contribution in [-0.2, 0) is 26.0 Å². The zero-order chi connectivity index (χ0) is 17.7. The third kappa shape index (κ3) is 4.45. The van der Waals surface area contributed by atoms with Gasteiger partial charge in [-0.15, -0.1) is 0 Å². The van der Waals surface area contributed by atoms with E-state index in [9.17, 15) is 13.2 Å². The number of esters is 1. The predicted octanol–water partition coefficient (Wildman–Crippen LogP) is 2.03. The van der Waals surface area contributed by atoms with Crippen molar-refractivity contribution in [3.05, 3.63) is 71.8 Å². The molecule has 132 valence electrons. The van der Waals surface area contributed by atoms with Gasteiger partial charge in [-0.1, -0.05) is 48.5 Å². The van der Waals surface area contributed by atoms with E-state index in [2.05, 4.69) is 0 Å². The number of carbonyl (C=O) groups is 1. The first-order chi connectivity index (χ1) is 12.1. The molecule has 0 unspecified atom stereocenters. The van der Waals surface area contributed by atoms with Crippen molar-refractivity contribution in [2.75, 3.05) is 19.2 Å². The number of sulfonamides is 1. The summed E-state index contributed by atoms with van der Waals surface area (Å²) in [6.45, 7) is 0.355. The largest absolute Gasteiger partial charge is 0.460 e. The standard InChI is InChI=1S/C18H19NO5S/c20-18(16-9-5-2-6-10-16)24-13-17-12-23-14-25(21,22)19(17)11-15-7-3-1-4-8-15/h1-10,17H,11-14H2/t17-/m0/s1. The molecule has 0 bridgehead atoms. The van der Waals surface area contributed by atoms with E-state index in [0.717, 1.165) is 5.56 Å². The summed E-state index contributed by atoms with van der Waals surface area (Å²) in [5, 5.41) is 0. The first-order valence-electron chi connectivity index (χ1n) is 7.89. The fourth-order valence-corrected chi connectivity index (χ4v) is 3.98. The lowest BCUT2D eigenvalue weighted by atomic mass is 10.2. The van der Waals surface area contributed by atoms with Crippen LogP contribution in [0.4, 0.5) is 0 Å². The number of hydrogen-bond donors (Lipinski definition) is 0. The molecule has 0 radical (unpaired) electrons. The van der Waals surface area contributed by atoms with Crippen molar-refractivity contribution in [2.24, 2.45) is 0 Å². The number of ether oxygens (including phenoxy) is 2. The minimum absolute atomic E-state index is 0.0558. The molecule has 25 heavy (non-hydrogen) atoms. The Bertz CT molecular complexity index is 808. The molecular formula is C18H19NO5S. The molecule has 2 aromatic carbocycles. The second-order valence-corrected chi connectivity index (χ2v) is 7.62. The molecule has 7 heteroatoms. The summed E-state index contributed by atoms with van der Waals surface area (Å²) in [6, 6.07) is 17.3. The fourth-order valence-electron chi connectivity index (χ4n) is 2.62. The minimum atomic E-state index is -3.56.